The maximum absolute atomic E-state index is 14.3. The molecule has 1 aliphatic carbocycles. The Morgan fingerprint density at radius 3 is 2.41 bits per heavy atom. The van der Waals surface area contributed by atoms with E-state index in [1.54, 1.807) is 24.0 Å². The van der Waals surface area contributed by atoms with Gasteiger partial charge in [-0.05, 0) is 62.4 Å². The zero-order valence-electron chi connectivity index (χ0n) is 25.7. The smallest absolute Gasteiger partial charge is 0.249 e. The summed E-state index contributed by atoms with van der Waals surface area (Å²) in [6.07, 6.45) is 3.76. The van der Waals surface area contributed by atoms with E-state index in [2.05, 4.69) is 10.3 Å². The molecule has 234 valence electrons. The predicted octanol–water partition coefficient (Wildman–Crippen LogP) is 5.22. The largest absolute Gasteiger partial charge is 0.391 e. The minimum absolute atomic E-state index is 0.0335. The zero-order chi connectivity index (χ0) is 31.9. The van der Waals surface area contributed by atoms with Crippen LogP contribution in [-0.2, 0) is 22.6 Å². The van der Waals surface area contributed by atoms with Crippen LogP contribution >= 0.6 is 0 Å². The zero-order valence-corrected chi connectivity index (χ0v) is 25.7. The van der Waals surface area contributed by atoms with E-state index < -0.39 is 35.0 Å². The minimum atomic E-state index is -1.49. The molecular weight excluding hydrogens is 562 g/mol. The second kappa shape index (κ2) is 14.7. The summed E-state index contributed by atoms with van der Waals surface area (Å²) in [4.78, 5) is 33.6. The van der Waals surface area contributed by atoms with Gasteiger partial charge >= 0.3 is 0 Å². The molecule has 4 rings (SSSR count). The Labute approximate surface area is 257 Å². The van der Waals surface area contributed by atoms with E-state index in [1.165, 1.54) is 12.1 Å². The number of hydrogen-bond donors (Lipinski definition) is 3. The fraction of sp³-hybridized carbons (Fsp3) is 0.400. The molecule has 3 aromatic rings. The Morgan fingerprint density at radius 1 is 1.07 bits per heavy atom. The molecule has 0 spiro atoms. The third-order valence-electron chi connectivity index (χ3n) is 8.20. The van der Waals surface area contributed by atoms with Crippen LogP contribution in [0.15, 0.2) is 77.9 Å². The average Bonchev–Trinajstić information content (AvgIpc) is 2.98. The highest BCUT2D eigenvalue weighted by molar-refractivity contribution is 5.97. The molecule has 9 heteroatoms. The fourth-order valence-corrected chi connectivity index (χ4v) is 6.26. The first-order valence-corrected chi connectivity index (χ1v) is 15.2. The number of carbonyl (C=O) groups is 2. The van der Waals surface area contributed by atoms with E-state index in [0.29, 0.717) is 30.8 Å². The van der Waals surface area contributed by atoms with Crippen LogP contribution in [0.1, 0.15) is 51.3 Å². The standard InChI is InChI=1S/C35H42F2N4O3/c1-4-12-41(13-5-2)33(43)26-14-23(3)19-35(20-26,34(38)44)30(17-24-15-27(36)18-28(37)16-24)32(42)22-39-21-29-11-10-25-8-6-7-9-31(25)40-29/h6-11,14-16,18-19,30,32,39,42H,4-5,12-13,17,20-22H2,1-3H3,(H2,38,44)/t30-,32+,35?/m1/s1. The molecule has 0 bridgehead atoms. The average molecular weight is 605 g/mol. The van der Waals surface area contributed by atoms with Crippen LogP contribution in [0.3, 0.4) is 0 Å². The molecule has 0 saturated carbocycles. The van der Waals surface area contributed by atoms with Gasteiger partial charge in [0.15, 0.2) is 0 Å². The van der Waals surface area contributed by atoms with Crippen molar-refractivity contribution in [1.82, 2.24) is 15.2 Å². The maximum Gasteiger partial charge on any atom is 0.249 e. The van der Waals surface area contributed by atoms with Gasteiger partial charge in [0.25, 0.3) is 0 Å². The van der Waals surface area contributed by atoms with Gasteiger partial charge in [-0.25, -0.2) is 8.78 Å². The number of aromatic nitrogens is 1. The summed E-state index contributed by atoms with van der Waals surface area (Å²) in [6.45, 7) is 7.29. The van der Waals surface area contributed by atoms with Gasteiger partial charge in [-0.2, -0.15) is 0 Å². The maximum atomic E-state index is 14.3. The summed E-state index contributed by atoms with van der Waals surface area (Å²) in [5.41, 5.74) is 7.59. The van der Waals surface area contributed by atoms with E-state index in [-0.39, 0.29) is 30.9 Å². The summed E-state index contributed by atoms with van der Waals surface area (Å²) >= 11 is 0. The number of halogens is 2. The molecule has 0 saturated heterocycles. The molecule has 1 heterocycles. The van der Waals surface area contributed by atoms with Gasteiger partial charge < -0.3 is 21.1 Å². The number of hydrogen-bond acceptors (Lipinski definition) is 5. The number of nitrogens with zero attached hydrogens (tertiary/aromatic N) is 2. The molecule has 1 aliphatic rings. The quantitative estimate of drug-likeness (QED) is 0.234. The molecule has 2 aromatic carbocycles. The van der Waals surface area contributed by atoms with Crippen LogP contribution in [0.2, 0.25) is 0 Å². The number of nitrogens with one attached hydrogen (secondary N) is 1. The van der Waals surface area contributed by atoms with Gasteiger partial charge in [-0.1, -0.05) is 55.8 Å². The highest BCUT2D eigenvalue weighted by Crippen LogP contribution is 2.44. The minimum Gasteiger partial charge on any atom is -0.391 e. The van der Waals surface area contributed by atoms with Crippen molar-refractivity contribution in [3.8, 4) is 0 Å². The van der Waals surface area contributed by atoms with Gasteiger partial charge in [0.05, 0.1) is 22.7 Å². The Bertz CT molecular complexity index is 1530. The number of benzene rings is 2. The van der Waals surface area contributed by atoms with Crippen molar-refractivity contribution in [2.75, 3.05) is 19.6 Å². The second-order valence-electron chi connectivity index (χ2n) is 11.7. The van der Waals surface area contributed by atoms with Crippen LogP contribution in [0, 0.1) is 23.0 Å². The highest BCUT2D eigenvalue weighted by Gasteiger charge is 2.48. The van der Waals surface area contributed by atoms with Crippen molar-refractivity contribution in [2.24, 2.45) is 17.1 Å². The molecular formula is C35H42F2N4O3. The molecule has 0 aliphatic heterocycles. The van der Waals surface area contributed by atoms with Crippen molar-refractivity contribution < 1.29 is 23.5 Å². The van der Waals surface area contributed by atoms with Crippen molar-refractivity contribution in [2.45, 2.75) is 59.1 Å². The summed E-state index contributed by atoms with van der Waals surface area (Å²) < 4.78 is 28.5. The Balaban J connectivity index is 1.65. The lowest BCUT2D eigenvalue weighted by Gasteiger charge is -2.42. The monoisotopic (exact) mass is 604 g/mol. The Morgan fingerprint density at radius 2 is 1.75 bits per heavy atom. The SMILES string of the molecule is CCCN(CCC)C(=O)C1=CC(C)=CC(C(N)=O)([C@H](Cc2cc(F)cc(F)c2)[C@@H](O)CNCc2ccc3ccccc3n2)C1. The number of rotatable bonds is 14. The van der Waals surface area contributed by atoms with Crippen molar-refractivity contribution in [3.63, 3.8) is 0 Å². The number of nitrogens with two attached hydrogens (primary N) is 1. The Hall–Kier alpha value is -3.95. The van der Waals surface area contributed by atoms with E-state index in [0.717, 1.165) is 35.5 Å². The molecule has 0 fully saturated rings. The van der Waals surface area contributed by atoms with Gasteiger partial charge in [0.2, 0.25) is 11.8 Å². The van der Waals surface area contributed by atoms with Gasteiger partial charge in [0.1, 0.15) is 11.6 Å². The van der Waals surface area contributed by atoms with E-state index in [1.807, 2.05) is 50.2 Å². The van der Waals surface area contributed by atoms with Crippen LogP contribution < -0.4 is 11.1 Å². The fourth-order valence-electron chi connectivity index (χ4n) is 6.26. The van der Waals surface area contributed by atoms with Crippen molar-refractivity contribution >= 4 is 22.7 Å². The van der Waals surface area contributed by atoms with E-state index >= 15 is 0 Å². The lowest BCUT2D eigenvalue weighted by molar-refractivity contribution is -0.132. The van der Waals surface area contributed by atoms with Gasteiger partial charge in [0, 0.05) is 49.1 Å². The topological polar surface area (TPSA) is 109 Å². The van der Waals surface area contributed by atoms with Crippen LogP contribution in [0.5, 0.6) is 0 Å². The molecule has 3 atom stereocenters. The molecule has 7 nitrogen and oxygen atoms in total. The summed E-state index contributed by atoms with van der Waals surface area (Å²) in [5, 5.41) is 15.9. The van der Waals surface area contributed by atoms with E-state index in [9.17, 15) is 23.5 Å². The van der Waals surface area contributed by atoms with Crippen LogP contribution in [0.25, 0.3) is 10.9 Å². The molecule has 0 radical (unpaired) electrons. The van der Waals surface area contributed by atoms with Gasteiger partial charge in [-0.15, -0.1) is 0 Å². The molecule has 4 N–H and O–H groups in total. The number of carbonyl (C=O) groups excluding carboxylic acids is 2. The molecule has 2 amide bonds. The highest BCUT2D eigenvalue weighted by atomic mass is 19.1. The van der Waals surface area contributed by atoms with E-state index in [4.69, 9.17) is 5.73 Å². The third kappa shape index (κ3) is 7.76. The predicted molar refractivity (Wildman–Crippen MR) is 168 cm³/mol. The number of aliphatic hydroxyl groups excluding tert-OH is 1. The van der Waals surface area contributed by atoms with Crippen LogP contribution in [-0.4, -0.2) is 52.5 Å². The lowest BCUT2D eigenvalue weighted by Crippen LogP contribution is -2.51. The number of para-hydroxylation sites is 1. The lowest BCUT2D eigenvalue weighted by atomic mass is 9.63. The first-order chi connectivity index (χ1) is 21.1. The van der Waals surface area contributed by atoms with Crippen LogP contribution in [0.4, 0.5) is 8.78 Å². The summed E-state index contributed by atoms with van der Waals surface area (Å²) in [5.74, 6) is -3.33. The normalized spacial score (nSPS) is 18.0. The number of primary amides is 1. The number of pyridine rings is 1. The molecule has 1 unspecified atom stereocenters. The second-order valence-corrected chi connectivity index (χ2v) is 11.7. The Kier molecular flexibility index (Phi) is 11.0. The third-order valence-corrected chi connectivity index (χ3v) is 8.20. The van der Waals surface area contributed by atoms with Crippen molar-refractivity contribution in [3.05, 3.63) is 101 Å². The first kappa shape index (κ1) is 33.0. The number of allylic oxidation sites excluding steroid dienone is 2. The number of aliphatic hydroxyl groups is 1. The molecule has 44 heavy (non-hydrogen) atoms. The summed E-state index contributed by atoms with van der Waals surface area (Å²) in [7, 11) is 0. The molecule has 1 aromatic heterocycles. The number of fused-ring (bicyclic) bond motifs is 1. The number of amides is 2. The first-order valence-electron chi connectivity index (χ1n) is 15.2. The van der Waals surface area contributed by atoms with Crippen molar-refractivity contribution in [1.29, 1.82) is 0 Å². The summed E-state index contributed by atoms with van der Waals surface area (Å²) in [6, 6.07) is 14.8. The van der Waals surface area contributed by atoms with Gasteiger partial charge in [-0.3, -0.25) is 14.6 Å².